The molecule has 206 valence electrons. The Morgan fingerprint density at radius 3 is 2.49 bits per heavy atom. The molecular weight excluding hydrogens is 464 g/mol. The third-order valence-corrected chi connectivity index (χ3v) is 8.61. The predicted molar refractivity (Wildman–Crippen MR) is 148 cm³/mol. The summed E-state index contributed by atoms with van der Waals surface area (Å²) in [4.78, 5) is 33.5. The van der Waals surface area contributed by atoms with Crippen LogP contribution in [-0.2, 0) is 16.0 Å². The van der Waals surface area contributed by atoms with E-state index in [1.807, 2.05) is 11.0 Å². The van der Waals surface area contributed by atoms with Gasteiger partial charge in [-0.2, -0.15) is 0 Å². The van der Waals surface area contributed by atoms with Crippen molar-refractivity contribution in [3.8, 4) is 5.75 Å². The molecule has 0 radical (unpaired) electrons. The fourth-order valence-electron chi connectivity index (χ4n) is 6.15. The molecule has 1 N–H and O–H groups in total. The molecule has 0 saturated carbocycles. The number of hydrogen-bond acceptors (Lipinski definition) is 5. The monoisotopic (exact) mass is 512 g/mol. The van der Waals surface area contributed by atoms with Crippen LogP contribution in [0.15, 0.2) is 24.3 Å². The largest absolute Gasteiger partial charge is 0.491 e. The average molecular weight is 513 g/mol. The highest BCUT2D eigenvalue weighted by Gasteiger charge is 2.42. The van der Waals surface area contributed by atoms with Crippen molar-refractivity contribution in [1.29, 1.82) is 0 Å². The zero-order valence-electron chi connectivity index (χ0n) is 23.3. The van der Waals surface area contributed by atoms with Crippen LogP contribution in [0.25, 0.3) is 0 Å². The second kappa shape index (κ2) is 13.1. The van der Waals surface area contributed by atoms with Gasteiger partial charge in [0.2, 0.25) is 11.8 Å². The molecule has 0 aliphatic carbocycles. The van der Waals surface area contributed by atoms with E-state index in [1.165, 1.54) is 5.56 Å². The summed E-state index contributed by atoms with van der Waals surface area (Å²) in [6, 6.07) is 8.32. The van der Waals surface area contributed by atoms with Gasteiger partial charge in [-0.05, 0) is 63.1 Å². The van der Waals surface area contributed by atoms with Crippen LogP contribution < -0.4 is 10.1 Å². The molecular formula is C30H48N4O3. The molecule has 1 aromatic carbocycles. The number of ether oxygens (including phenoxy) is 1. The van der Waals surface area contributed by atoms with E-state index in [0.29, 0.717) is 32.2 Å². The van der Waals surface area contributed by atoms with Gasteiger partial charge in [-0.3, -0.25) is 14.5 Å². The summed E-state index contributed by atoms with van der Waals surface area (Å²) in [6.07, 6.45) is 7.55. The maximum Gasteiger partial charge on any atom is 0.236 e. The van der Waals surface area contributed by atoms with Crippen LogP contribution in [0.4, 0.5) is 0 Å². The lowest BCUT2D eigenvalue weighted by Crippen LogP contribution is -2.55. The number of carbonyl (C=O) groups is 2. The summed E-state index contributed by atoms with van der Waals surface area (Å²) in [5, 5.41) is 3.41. The number of likely N-dealkylation sites (N-methyl/N-ethyl adjacent to an activating group) is 1. The number of aryl methyl sites for hydroxylation is 1. The second-order valence-electron chi connectivity index (χ2n) is 12.0. The van der Waals surface area contributed by atoms with Gasteiger partial charge in [0.25, 0.3) is 0 Å². The molecule has 37 heavy (non-hydrogen) atoms. The summed E-state index contributed by atoms with van der Waals surface area (Å²) in [7, 11) is 2.13. The fourth-order valence-corrected chi connectivity index (χ4v) is 6.15. The summed E-state index contributed by atoms with van der Waals surface area (Å²) < 4.78 is 6.29. The van der Waals surface area contributed by atoms with Gasteiger partial charge in [-0.1, -0.05) is 44.9 Å². The highest BCUT2D eigenvalue weighted by atomic mass is 16.5. The van der Waals surface area contributed by atoms with Crippen LogP contribution in [0.2, 0.25) is 0 Å². The van der Waals surface area contributed by atoms with E-state index in [2.05, 4.69) is 54.2 Å². The number of benzene rings is 1. The van der Waals surface area contributed by atoms with Gasteiger partial charge >= 0.3 is 0 Å². The summed E-state index contributed by atoms with van der Waals surface area (Å²) in [5.74, 6) is 1.80. The van der Waals surface area contributed by atoms with E-state index in [-0.39, 0.29) is 23.3 Å². The highest BCUT2D eigenvalue weighted by molar-refractivity contribution is 5.84. The minimum Gasteiger partial charge on any atom is -0.491 e. The molecule has 1 spiro atoms. The number of nitrogens with zero attached hydrogens (tertiary/aromatic N) is 3. The molecule has 7 heteroatoms. The first kappa shape index (κ1) is 27.9. The van der Waals surface area contributed by atoms with Gasteiger partial charge < -0.3 is 19.9 Å². The Hall–Kier alpha value is -2.12. The number of rotatable bonds is 4. The number of likely N-dealkylation sites (tertiary alicyclic amines) is 1. The summed E-state index contributed by atoms with van der Waals surface area (Å²) in [6.45, 7) is 10.7. The lowest BCUT2D eigenvalue weighted by atomic mass is 9.73. The Balaban J connectivity index is 1.41. The Labute approximate surface area is 223 Å². The van der Waals surface area contributed by atoms with Gasteiger partial charge in [0.15, 0.2) is 0 Å². The molecule has 1 atom stereocenters. The van der Waals surface area contributed by atoms with Gasteiger partial charge in [-0.25, -0.2) is 0 Å². The van der Waals surface area contributed by atoms with E-state index in [1.54, 1.807) is 0 Å². The molecule has 4 rings (SSSR count). The molecule has 1 aromatic rings. The topological polar surface area (TPSA) is 65.1 Å². The SMILES string of the molecule is CC(C)C[C@H]1COc2ccccc2CCCCCC2(CCN(C(=O)CN3CCN(C)CC3)CC2)C(=O)N1. The Bertz CT molecular complexity index is 889. The van der Waals surface area contributed by atoms with Crippen molar-refractivity contribution in [1.82, 2.24) is 20.0 Å². The zero-order chi connectivity index (χ0) is 26.3. The van der Waals surface area contributed by atoms with Crippen molar-refractivity contribution in [2.75, 3.05) is 59.5 Å². The van der Waals surface area contributed by atoms with Crippen LogP contribution in [0.3, 0.4) is 0 Å². The van der Waals surface area contributed by atoms with E-state index in [0.717, 1.165) is 83.3 Å². The van der Waals surface area contributed by atoms with Crippen molar-refractivity contribution >= 4 is 11.8 Å². The van der Waals surface area contributed by atoms with Crippen molar-refractivity contribution in [2.24, 2.45) is 11.3 Å². The Morgan fingerprint density at radius 2 is 1.76 bits per heavy atom. The number of hydrogen-bond donors (Lipinski definition) is 1. The first-order valence-electron chi connectivity index (χ1n) is 14.5. The van der Waals surface area contributed by atoms with Crippen LogP contribution in [0.5, 0.6) is 5.75 Å². The molecule has 0 aromatic heterocycles. The lowest BCUT2D eigenvalue weighted by Gasteiger charge is -2.42. The highest BCUT2D eigenvalue weighted by Crippen LogP contribution is 2.38. The fraction of sp³-hybridized carbons (Fsp3) is 0.733. The van der Waals surface area contributed by atoms with E-state index >= 15 is 0 Å². The molecule has 2 amide bonds. The predicted octanol–water partition coefficient (Wildman–Crippen LogP) is 3.57. The molecule has 2 saturated heterocycles. The van der Waals surface area contributed by atoms with Gasteiger partial charge in [-0.15, -0.1) is 0 Å². The number of nitrogens with one attached hydrogen (secondary N) is 1. The van der Waals surface area contributed by atoms with Gasteiger partial charge in [0.05, 0.1) is 18.0 Å². The zero-order valence-corrected chi connectivity index (χ0v) is 23.3. The van der Waals surface area contributed by atoms with Crippen molar-refractivity contribution in [2.45, 2.75) is 71.3 Å². The number of fused-ring (bicyclic) bond motifs is 1. The summed E-state index contributed by atoms with van der Waals surface area (Å²) >= 11 is 0. The number of piperazine rings is 1. The Kier molecular flexibility index (Phi) is 9.88. The van der Waals surface area contributed by atoms with Crippen LogP contribution in [0.1, 0.15) is 64.4 Å². The molecule has 3 aliphatic rings. The maximum atomic E-state index is 13.9. The van der Waals surface area contributed by atoms with E-state index < -0.39 is 0 Å². The number of piperidine rings is 1. The maximum absolute atomic E-state index is 13.9. The standard InChI is InChI=1S/C30H48N4O3/c1-24(2)21-26-23-37-27-11-7-6-10-25(27)9-5-4-8-12-30(29(36)31-26)13-15-34(16-14-30)28(35)22-33-19-17-32(3)18-20-33/h6-7,10-11,24,26H,4-5,8-9,12-23H2,1-3H3,(H,31,36)/t26-/m0/s1. The minimum absolute atomic E-state index is 0.0184. The molecule has 0 unspecified atom stereocenters. The molecule has 2 fully saturated rings. The van der Waals surface area contributed by atoms with E-state index in [9.17, 15) is 9.59 Å². The normalized spacial score (nSPS) is 24.4. The number of carbonyl (C=O) groups excluding carboxylic acids is 2. The second-order valence-corrected chi connectivity index (χ2v) is 12.0. The summed E-state index contributed by atoms with van der Waals surface area (Å²) in [5.41, 5.74) is 0.874. The first-order valence-corrected chi connectivity index (χ1v) is 14.5. The van der Waals surface area contributed by atoms with Gasteiger partial charge in [0.1, 0.15) is 12.4 Å². The minimum atomic E-state index is -0.388. The number of para-hydroxylation sites is 1. The van der Waals surface area contributed by atoms with Crippen LogP contribution >= 0.6 is 0 Å². The van der Waals surface area contributed by atoms with Crippen LogP contribution in [0, 0.1) is 11.3 Å². The lowest BCUT2D eigenvalue weighted by molar-refractivity contribution is -0.142. The third-order valence-electron chi connectivity index (χ3n) is 8.61. The van der Waals surface area contributed by atoms with E-state index in [4.69, 9.17) is 4.74 Å². The van der Waals surface area contributed by atoms with Crippen LogP contribution in [-0.4, -0.2) is 92.0 Å². The van der Waals surface area contributed by atoms with Crippen molar-refractivity contribution in [3.63, 3.8) is 0 Å². The number of amides is 2. The first-order chi connectivity index (χ1) is 17.8. The molecule has 3 aliphatic heterocycles. The van der Waals surface area contributed by atoms with Crippen molar-refractivity contribution in [3.05, 3.63) is 29.8 Å². The van der Waals surface area contributed by atoms with Gasteiger partial charge in [0, 0.05) is 39.3 Å². The Morgan fingerprint density at radius 1 is 1.03 bits per heavy atom. The molecule has 3 heterocycles. The van der Waals surface area contributed by atoms with Crippen molar-refractivity contribution < 1.29 is 14.3 Å². The smallest absolute Gasteiger partial charge is 0.236 e. The molecule has 0 bridgehead atoms. The quantitative estimate of drug-likeness (QED) is 0.668. The molecule has 7 nitrogen and oxygen atoms in total. The average Bonchev–Trinajstić information content (AvgIpc) is 2.89. The third kappa shape index (κ3) is 7.70.